The van der Waals surface area contributed by atoms with E-state index in [4.69, 9.17) is 0 Å². The van der Waals surface area contributed by atoms with Gasteiger partial charge in [-0.3, -0.25) is 4.79 Å². The van der Waals surface area contributed by atoms with Crippen LogP contribution in [0.15, 0.2) is 12.3 Å². The molecule has 1 aromatic rings. The summed E-state index contributed by atoms with van der Waals surface area (Å²) < 4.78 is 0. The number of hydrogen-bond acceptors (Lipinski definition) is 2. The first kappa shape index (κ1) is 14.1. The van der Waals surface area contributed by atoms with E-state index < -0.39 is 0 Å². The molecule has 0 aromatic carbocycles. The minimum atomic E-state index is 0. The zero-order valence-electron chi connectivity index (χ0n) is 10.2. The van der Waals surface area contributed by atoms with Crippen LogP contribution >= 0.6 is 12.4 Å². The van der Waals surface area contributed by atoms with Gasteiger partial charge in [0, 0.05) is 17.9 Å². The summed E-state index contributed by atoms with van der Waals surface area (Å²) in [4.78, 5) is 15.0. The van der Waals surface area contributed by atoms with Gasteiger partial charge in [-0.15, -0.1) is 12.4 Å². The van der Waals surface area contributed by atoms with Crippen LogP contribution in [0.3, 0.4) is 0 Å². The van der Waals surface area contributed by atoms with Crippen molar-refractivity contribution in [1.29, 1.82) is 0 Å². The van der Waals surface area contributed by atoms with Gasteiger partial charge in [0.05, 0.1) is 5.56 Å². The van der Waals surface area contributed by atoms with Gasteiger partial charge in [0.2, 0.25) is 0 Å². The van der Waals surface area contributed by atoms with Crippen molar-refractivity contribution < 1.29 is 4.79 Å². The third kappa shape index (κ3) is 3.23. The van der Waals surface area contributed by atoms with Crippen molar-refractivity contribution in [2.45, 2.75) is 26.3 Å². The smallest absolute Gasteiger partial charge is 0.253 e. The highest BCUT2D eigenvalue weighted by atomic mass is 35.5. The molecule has 1 aromatic heterocycles. The number of halogens is 1. The number of nitrogens with one attached hydrogen (secondary N) is 3. The van der Waals surface area contributed by atoms with Gasteiger partial charge >= 0.3 is 0 Å². The third-order valence-electron chi connectivity index (χ3n) is 3.30. The number of piperidine rings is 1. The Hall–Kier alpha value is -1.00. The fraction of sp³-hybridized carbons (Fsp3) is 0.583. The highest BCUT2D eigenvalue weighted by Crippen LogP contribution is 2.12. The minimum absolute atomic E-state index is 0. The van der Waals surface area contributed by atoms with Crippen LogP contribution in [-0.2, 0) is 0 Å². The van der Waals surface area contributed by atoms with Crippen LogP contribution in [0.4, 0.5) is 0 Å². The fourth-order valence-electron chi connectivity index (χ4n) is 2.17. The predicted octanol–water partition coefficient (Wildman–Crippen LogP) is 1.47. The van der Waals surface area contributed by atoms with E-state index in [1.165, 1.54) is 0 Å². The number of carbonyl (C=O) groups is 1. The molecule has 0 saturated carbocycles. The van der Waals surface area contributed by atoms with Gasteiger partial charge in [0.1, 0.15) is 0 Å². The molecule has 2 rings (SSSR count). The van der Waals surface area contributed by atoms with Crippen molar-refractivity contribution >= 4 is 18.3 Å². The van der Waals surface area contributed by atoms with Gasteiger partial charge in [0.25, 0.3) is 5.91 Å². The first-order valence-electron chi connectivity index (χ1n) is 5.84. The van der Waals surface area contributed by atoms with Crippen LogP contribution in [0.2, 0.25) is 0 Å². The molecule has 17 heavy (non-hydrogen) atoms. The van der Waals surface area contributed by atoms with Crippen LogP contribution in [0.5, 0.6) is 0 Å². The fourth-order valence-corrected chi connectivity index (χ4v) is 2.17. The van der Waals surface area contributed by atoms with Crippen molar-refractivity contribution in [3.05, 3.63) is 23.5 Å². The van der Waals surface area contributed by atoms with E-state index in [1.807, 2.05) is 13.0 Å². The molecule has 1 saturated heterocycles. The summed E-state index contributed by atoms with van der Waals surface area (Å²) in [5.41, 5.74) is 1.69. The molecule has 4 nitrogen and oxygen atoms in total. The van der Waals surface area contributed by atoms with E-state index in [0.717, 1.165) is 30.8 Å². The standard InChI is InChI=1S/C12H19N3O.ClH/c1-8-7-13-5-4-11(8)15-12(16)10-3-6-14-9(10)2;/h3,6,8,11,13-14H,4-5,7H2,1-2H3,(H,15,16);1H. The van der Waals surface area contributed by atoms with Crippen molar-refractivity contribution in [1.82, 2.24) is 15.6 Å². The molecule has 2 unspecified atom stereocenters. The van der Waals surface area contributed by atoms with Gasteiger partial charge in [-0.1, -0.05) is 6.92 Å². The lowest BCUT2D eigenvalue weighted by molar-refractivity contribution is 0.0914. The van der Waals surface area contributed by atoms with Crippen LogP contribution in [0.25, 0.3) is 0 Å². The van der Waals surface area contributed by atoms with Gasteiger partial charge < -0.3 is 15.6 Å². The van der Waals surface area contributed by atoms with E-state index >= 15 is 0 Å². The van der Waals surface area contributed by atoms with E-state index in [2.05, 4.69) is 22.5 Å². The average Bonchev–Trinajstić information content (AvgIpc) is 2.68. The summed E-state index contributed by atoms with van der Waals surface area (Å²) in [5, 5.41) is 6.44. The molecule has 3 N–H and O–H groups in total. The lowest BCUT2D eigenvalue weighted by atomic mass is 9.95. The quantitative estimate of drug-likeness (QED) is 0.752. The van der Waals surface area contributed by atoms with E-state index in [1.54, 1.807) is 6.20 Å². The third-order valence-corrected chi connectivity index (χ3v) is 3.30. The number of amides is 1. The Morgan fingerprint density at radius 2 is 2.29 bits per heavy atom. The van der Waals surface area contributed by atoms with Gasteiger partial charge in [-0.25, -0.2) is 0 Å². The zero-order valence-corrected chi connectivity index (χ0v) is 11.1. The number of aromatic nitrogens is 1. The van der Waals surface area contributed by atoms with Crippen molar-refractivity contribution in [3.63, 3.8) is 0 Å². The molecular weight excluding hydrogens is 238 g/mol. The monoisotopic (exact) mass is 257 g/mol. The van der Waals surface area contributed by atoms with E-state index in [9.17, 15) is 4.79 Å². The zero-order chi connectivity index (χ0) is 11.5. The number of aryl methyl sites for hydroxylation is 1. The Balaban J connectivity index is 0.00000144. The SMILES string of the molecule is Cc1[nH]ccc1C(=O)NC1CCNCC1C.Cl. The Morgan fingerprint density at radius 3 is 2.88 bits per heavy atom. The number of H-pyrrole nitrogens is 1. The van der Waals surface area contributed by atoms with Crippen LogP contribution in [0.1, 0.15) is 29.4 Å². The molecule has 2 atom stereocenters. The number of carbonyl (C=O) groups excluding carboxylic acids is 1. The molecule has 2 heterocycles. The van der Waals surface area contributed by atoms with Crippen molar-refractivity contribution in [2.24, 2.45) is 5.92 Å². The Labute approximate surface area is 108 Å². The summed E-state index contributed by atoms with van der Waals surface area (Å²) in [6.45, 7) is 6.06. The molecule has 1 aliphatic heterocycles. The van der Waals surface area contributed by atoms with Gasteiger partial charge in [-0.2, -0.15) is 0 Å². The molecule has 1 fully saturated rings. The molecule has 0 aliphatic carbocycles. The van der Waals surface area contributed by atoms with Crippen molar-refractivity contribution in [3.8, 4) is 0 Å². The Bertz CT molecular complexity index is 378. The predicted molar refractivity (Wildman–Crippen MR) is 70.7 cm³/mol. The molecule has 1 aliphatic rings. The molecule has 0 radical (unpaired) electrons. The summed E-state index contributed by atoms with van der Waals surface area (Å²) in [7, 11) is 0. The van der Waals surface area contributed by atoms with Crippen LogP contribution < -0.4 is 10.6 Å². The second kappa shape index (κ2) is 6.07. The maximum Gasteiger partial charge on any atom is 0.253 e. The highest BCUT2D eigenvalue weighted by molar-refractivity contribution is 5.95. The number of hydrogen-bond donors (Lipinski definition) is 3. The summed E-state index contributed by atoms with van der Waals surface area (Å²) in [6.07, 6.45) is 2.81. The first-order valence-corrected chi connectivity index (χ1v) is 5.84. The summed E-state index contributed by atoms with van der Waals surface area (Å²) in [6, 6.07) is 2.12. The molecule has 0 bridgehead atoms. The van der Waals surface area contributed by atoms with Gasteiger partial charge in [0.15, 0.2) is 0 Å². The normalized spacial score (nSPS) is 23.9. The molecule has 96 valence electrons. The van der Waals surface area contributed by atoms with E-state index in [0.29, 0.717) is 12.0 Å². The van der Waals surface area contributed by atoms with E-state index in [-0.39, 0.29) is 18.3 Å². The first-order chi connectivity index (χ1) is 7.68. The van der Waals surface area contributed by atoms with Crippen LogP contribution in [0, 0.1) is 12.8 Å². The van der Waals surface area contributed by atoms with Crippen molar-refractivity contribution in [2.75, 3.05) is 13.1 Å². The molecule has 5 heteroatoms. The van der Waals surface area contributed by atoms with Crippen LogP contribution in [-0.4, -0.2) is 30.0 Å². The highest BCUT2D eigenvalue weighted by Gasteiger charge is 2.23. The second-order valence-corrected chi connectivity index (χ2v) is 4.57. The lowest BCUT2D eigenvalue weighted by Crippen LogP contribution is -2.48. The summed E-state index contributed by atoms with van der Waals surface area (Å²) in [5.74, 6) is 0.537. The maximum absolute atomic E-state index is 12.0. The largest absolute Gasteiger partial charge is 0.365 e. The van der Waals surface area contributed by atoms with Gasteiger partial charge in [-0.05, 0) is 38.4 Å². The molecule has 0 spiro atoms. The minimum Gasteiger partial charge on any atom is -0.365 e. The Morgan fingerprint density at radius 1 is 1.53 bits per heavy atom. The molecular formula is C12H20ClN3O. The Kier molecular flexibility index (Phi) is 5.02. The topological polar surface area (TPSA) is 56.9 Å². The lowest BCUT2D eigenvalue weighted by Gasteiger charge is -2.30. The molecule has 1 amide bonds. The number of aromatic amines is 1. The summed E-state index contributed by atoms with van der Waals surface area (Å²) >= 11 is 0. The average molecular weight is 258 g/mol. The number of rotatable bonds is 2. The second-order valence-electron chi connectivity index (χ2n) is 4.57. The maximum atomic E-state index is 12.0.